The average Bonchev–Trinajstić information content (AvgIpc) is 2.97. The summed E-state index contributed by atoms with van der Waals surface area (Å²) in [7, 11) is 0. The van der Waals surface area contributed by atoms with E-state index in [9.17, 15) is 5.11 Å². The van der Waals surface area contributed by atoms with Crippen LogP contribution in [-0.4, -0.2) is 28.6 Å². The molecule has 1 N–H and O–H groups in total. The monoisotopic (exact) mass is 490 g/mol. The number of halogens is 1. The second-order valence-corrected chi connectivity index (χ2v) is 8.74. The third-order valence-electron chi connectivity index (χ3n) is 6.84. The number of aryl methyl sites for hydroxylation is 1. The van der Waals surface area contributed by atoms with Gasteiger partial charge in [-0.15, -0.1) is 0 Å². The molecule has 0 amide bonds. The molecule has 1 unspecified atom stereocenters. The molecule has 0 radical (unpaired) electrons. The van der Waals surface area contributed by atoms with Crippen molar-refractivity contribution in [2.24, 2.45) is 0 Å². The molecule has 32 heavy (non-hydrogen) atoms. The van der Waals surface area contributed by atoms with Gasteiger partial charge in [0.2, 0.25) is 0 Å². The summed E-state index contributed by atoms with van der Waals surface area (Å²) in [5.41, 5.74) is 4.87. The molecule has 0 bridgehead atoms. The van der Waals surface area contributed by atoms with E-state index in [1.54, 1.807) is 0 Å². The summed E-state index contributed by atoms with van der Waals surface area (Å²) in [6, 6.07) is 27.7. The minimum atomic E-state index is -1.00. The molecule has 3 nitrogen and oxygen atoms in total. The van der Waals surface area contributed by atoms with Crippen molar-refractivity contribution in [1.82, 2.24) is 0 Å². The predicted octanol–water partition coefficient (Wildman–Crippen LogP) is 2.57. The molecule has 0 fully saturated rings. The topological polar surface area (TPSA) is 26.5 Å². The van der Waals surface area contributed by atoms with Gasteiger partial charge in [0.1, 0.15) is 5.69 Å². The molecule has 5 rings (SSSR count). The fraction of sp³-hybridized carbons (Fsp3) is 0.321. The van der Waals surface area contributed by atoms with Gasteiger partial charge < -0.3 is 22.1 Å². The van der Waals surface area contributed by atoms with Gasteiger partial charge >= 0.3 is 0 Å². The lowest BCUT2D eigenvalue weighted by Crippen LogP contribution is -3.00. The molecule has 2 aliphatic rings. The van der Waals surface area contributed by atoms with E-state index in [0.29, 0.717) is 6.54 Å². The Hall–Kier alpha value is -2.43. The fourth-order valence-electron chi connectivity index (χ4n) is 5.03. The van der Waals surface area contributed by atoms with Gasteiger partial charge in [-0.1, -0.05) is 73.7 Å². The zero-order chi connectivity index (χ0) is 21.3. The van der Waals surface area contributed by atoms with Crippen LogP contribution < -0.4 is 21.9 Å². The van der Waals surface area contributed by atoms with Crippen LogP contribution in [0.5, 0.6) is 0 Å². The van der Waals surface area contributed by atoms with Crippen molar-refractivity contribution in [1.29, 1.82) is 0 Å². The Morgan fingerprint density at radius 2 is 1.53 bits per heavy atom. The van der Waals surface area contributed by atoms with Crippen molar-refractivity contribution in [3.63, 3.8) is 0 Å². The van der Waals surface area contributed by atoms with Crippen LogP contribution in [0.1, 0.15) is 43.7 Å². The van der Waals surface area contributed by atoms with E-state index < -0.39 is 5.72 Å². The Kier molecular flexibility index (Phi) is 6.82. The van der Waals surface area contributed by atoms with Crippen LogP contribution in [0.25, 0.3) is 11.1 Å². The molecule has 0 spiro atoms. The Morgan fingerprint density at radius 1 is 0.844 bits per heavy atom. The van der Waals surface area contributed by atoms with Gasteiger partial charge in [-0.3, -0.25) is 0 Å². The Bertz CT molecular complexity index is 1080. The standard InChI is InChI=1S/C28H31N2O.BrH/c1-2-22-12-18-26(19-13-22)29-21-28(31,30-20-8-4-7-11-27(29)30)25-16-14-24(15-17-25)23-9-5-3-6-10-23;/h3,5-6,9-10,12-19,31H,2,4,7-8,11,20-21H2,1H3;1H/q+1;/p-1. The van der Waals surface area contributed by atoms with Crippen molar-refractivity contribution in [2.45, 2.75) is 44.8 Å². The number of aliphatic hydroxyl groups is 1. The first kappa shape index (κ1) is 22.8. The maximum atomic E-state index is 12.0. The van der Waals surface area contributed by atoms with Gasteiger partial charge in [-0.2, -0.15) is 0 Å². The van der Waals surface area contributed by atoms with Crippen molar-refractivity contribution in [2.75, 3.05) is 18.0 Å². The summed E-state index contributed by atoms with van der Waals surface area (Å²) < 4.78 is 2.27. The fourth-order valence-corrected chi connectivity index (χ4v) is 5.03. The summed E-state index contributed by atoms with van der Waals surface area (Å²) in [5.74, 6) is 1.26. The molecule has 0 saturated heterocycles. The Balaban J connectivity index is 0.00000245. The molecule has 166 valence electrons. The van der Waals surface area contributed by atoms with Crippen LogP contribution in [0, 0.1) is 0 Å². The number of benzene rings is 3. The molecule has 0 aromatic heterocycles. The number of nitrogens with zero attached hydrogens (tertiary/aromatic N) is 2. The van der Waals surface area contributed by atoms with E-state index in [0.717, 1.165) is 31.4 Å². The van der Waals surface area contributed by atoms with Crippen LogP contribution in [0.2, 0.25) is 0 Å². The lowest BCUT2D eigenvalue weighted by atomic mass is 9.98. The minimum absolute atomic E-state index is 0. The van der Waals surface area contributed by atoms with Gasteiger partial charge in [0.15, 0.2) is 6.54 Å². The van der Waals surface area contributed by atoms with Crippen LogP contribution in [0.3, 0.4) is 0 Å². The summed E-state index contributed by atoms with van der Waals surface area (Å²) in [4.78, 5) is 2.34. The van der Waals surface area contributed by atoms with Crippen LogP contribution in [0.15, 0.2) is 78.9 Å². The van der Waals surface area contributed by atoms with Gasteiger partial charge in [0.25, 0.3) is 11.6 Å². The first-order chi connectivity index (χ1) is 15.2. The summed E-state index contributed by atoms with van der Waals surface area (Å²) >= 11 is 0. The lowest BCUT2D eigenvalue weighted by molar-refractivity contribution is -0.658. The van der Waals surface area contributed by atoms with E-state index in [1.807, 2.05) is 6.07 Å². The number of hydrogen-bond donors (Lipinski definition) is 1. The van der Waals surface area contributed by atoms with Gasteiger partial charge in [0.05, 0.1) is 6.54 Å². The van der Waals surface area contributed by atoms with Gasteiger partial charge in [-0.25, -0.2) is 9.48 Å². The molecule has 2 aliphatic heterocycles. The first-order valence-corrected chi connectivity index (χ1v) is 11.6. The smallest absolute Gasteiger partial charge is 0.271 e. The zero-order valence-electron chi connectivity index (χ0n) is 18.7. The molecular formula is C28H31BrN2O. The van der Waals surface area contributed by atoms with Crippen LogP contribution >= 0.6 is 0 Å². The quantitative estimate of drug-likeness (QED) is 0.568. The molecule has 3 aromatic carbocycles. The van der Waals surface area contributed by atoms with Crippen molar-refractivity contribution < 1.29 is 26.7 Å². The lowest BCUT2D eigenvalue weighted by Gasteiger charge is -2.24. The second-order valence-electron chi connectivity index (χ2n) is 8.74. The highest BCUT2D eigenvalue weighted by molar-refractivity contribution is 5.96. The van der Waals surface area contributed by atoms with Crippen LogP contribution in [0.4, 0.5) is 5.69 Å². The molecule has 4 heteroatoms. The maximum Gasteiger partial charge on any atom is 0.271 e. The summed E-state index contributed by atoms with van der Waals surface area (Å²) in [5, 5.41) is 12.0. The van der Waals surface area contributed by atoms with Gasteiger partial charge in [-0.05, 0) is 54.5 Å². The number of amidine groups is 1. The van der Waals surface area contributed by atoms with Gasteiger partial charge in [0, 0.05) is 12.0 Å². The molecule has 2 heterocycles. The number of hydrogen-bond acceptors (Lipinski definition) is 2. The Morgan fingerprint density at radius 3 is 2.22 bits per heavy atom. The maximum absolute atomic E-state index is 12.0. The molecular weight excluding hydrogens is 460 g/mol. The summed E-state index contributed by atoms with van der Waals surface area (Å²) in [6.07, 6.45) is 5.57. The highest BCUT2D eigenvalue weighted by Crippen LogP contribution is 2.36. The number of anilines is 1. The molecule has 0 saturated carbocycles. The van der Waals surface area contributed by atoms with Crippen molar-refractivity contribution in [3.05, 3.63) is 90.0 Å². The third kappa shape index (κ3) is 4.14. The molecule has 0 aliphatic carbocycles. The average molecular weight is 491 g/mol. The predicted molar refractivity (Wildman–Crippen MR) is 128 cm³/mol. The Labute approximate surface area is 201 Å². The highest BCUT2D eigenvalue weighted by Gasteiger charge is 2.51. The van der Waals surface area contributed by atoms with E-state index in [4.69, 9.17) is 0 Å². The largest absolute Gasteiger partial charge is 1.00 e. The summed E-state index contributed by atoms with van der Waals surface area (Å²) in [6.45, 7) is 3.65. The van der Waals surface area contributed by atoms with E-state index in [1.165, 1.54) is 41.1 Å². The minimum Gasteiger partial charge on any atom is -1.00 e. The second kappa shape index (κ2) is 9.60. The number of β-amino-alcohol motifs (C(OH)–C–C–N with tert-alkyl or cyclic N) is 1. The molecule has 1 atom stereocenters. The number of rotatable bonds is 4. The van der Waals surface area contributed by atoms with E-state index in [2.05, 4.69) is 89.2 Å². The normalized spacial score (nSPS) is 20.5. The van der Waals surface area contributed by atoms with E-state index >= 15 is 0 Å². The first-order valence-electron chi connectivity index (χ1n) is 11.6. The van der Waals surface area contributed by atoms with Crippen molar-refractivity contribution in [3.8, 4) is 11.1 Å². The van der Waals surface area contributed by atoms with E-state index in [-0.39, 0.29) is 17.0 Å². The van der Waals surface area contributed by atoms with Crippen molar-refractivity contribution >= 4 is 11.5 Å². The molecule has 3 aromatic rings. The van der Waals surface area contributed by atoms with Crippen LogP contribution in [-0.2, 0) is 12.1 Å². The SMILES string of the molecule is CCc1ccc(N2CC(O)(c3ccc(-c4ccccc4)cc3)[N+]3=C2CCCCC3)cc1.[Br-]. The zero-order valence-corrected chi connectivity index (χ0v) is 20.3. The third-order valence-corrected chi connectivity index (χ3v) is 6.84. The highest BCUT2D eigenvalue weighted by atomic mass is 79.9.